The number of aryl methyl sites for hydroxylation is 2. The van der Waals surface area contributed by atoms with Crippen LogP contribution in [0.3, 0.4) is 0 Å². The molecule has 1 atom stereocenters. The topological polar surface area (TPSA) is 217 Å². The number of carbonyl (C=O) groups excluding carboxylic acids is 2. The van der Waals surface area contributed by atoms with Crippen LogP contribution in [0.15, 0.2) is 64.9 Å². The summed E-state index contributed by atoms with van der Waals surface area (Å²) in [5.74, 6) is -1.51. The van der Waals surface area contributed by atoms with Crippen molar-refractivity contribution >= 4 is 100.0 Å². The van der Waals surface area contributed by atoms with Gasteiger partial charge in [-0.3, -0.25) is 24.6 Å². The number of nitrogens with zero attached hydrogens (tertiary/aromatic N) is 4. The zero-order valence-electron chi connectivity index (χ0n) is 39.4. The molecule has 0 aliphatic rings. The fraction of sp³-hybridized carbons (Fsp3) is 0.512. The predicted octanol–water partition coefficient (Wildman–Crippen LogP) is 7.85. The molecule has 3 aromatic rings. The van der Waals surface area contributed by atoms with E-state index in [1.165, 1.54) is 11.0 Å². The standard InChI is InChI=1S/C15H18Cl2N2O3.C14H20ClNO2.C8H11Cl2NO.C3H8NO5P.C3H9S/c1-8(2)21-12-7-11(9(16)6-10(12)17)19-14(20)22-13(18-19)15(3,4)5;1-4-11-7-6-8-12(5-2)14(11)16(10-18-3)13(17)9-15;1-3-5-11(6-4-2)8(12)7(9)10;5-3(6)1-4-2-10(7,8)9;1-4(2)3/h6-8H,1-5H3;6-8H,4-5,9-10H2,1-3H3;3-4,7H,1-2,5-6H2;4H,1-2H2,(H,5,6)(H2,7,8,9);1-3H3/q;;;;+1/p-1. The van der Waals surface area contributed by atoms with Crippen molar-refractivity contribution < 1.29 is 47.7 Å². The first-order valence-corrected chi connectivity index (χ1v) is 26.4. The van der Waals surface area contributed by atoms with E-state index in [0.29, 0.717) is 46.3 Å². The van der Waals surface area contributed by atoms with Gasteiger partial charge in [-0.05, 0) is 54.8 Å². The van der Waals surface area contributed by atoms with Gasteiger partial charge in [0.2, 0.25) is 11.8 Å². The molecule has 66 heavy (non-hydrogen) atoms. The van der Waals surface area contributed by atoms with E-state index in [1.807, 2.05) is 58.1 Å². The third-order valence-electron chi connectivity index (χ3n) is 7.48. The number of methoxy groups -OCH3 is 1. The highest BCUT2D eigenvalue weighted by Crippen LogP contribution is 2.34. The summed E-state index contributed by atoms with van der Waals surface area (Å²) in [6, 6.07) is 9.21. The average Bonchev–Trinajstić information content (AvgIpc) is 3.61. The Bertz CT molecular complexity index is 2040. The number of carboxylic acid groups (broad SMARTS) is 1. The second-order valence-electron chi connectivity index (χ2n) is 15.2. The lowest BCUT2D eigenvalue weighted by Gasteiger charge is -2.26. The van der Waals surface area contributed by atoms with Gasteiger partial charge in [-0.1, -0.05) is 111 Å². The van der Waals surface area contributed by atoms with Crippen LogP contribution < -0.4 is 25.6 Å². The number of carbonyl (C=O) groups is 3. The average molecular weight is 1070 g/mol. The zero-order valence-corrected chi connectivity index (χ0v) is 44.9. The number of benzene rings is 2. The molecule has 0 saturated heterocycles. The minimum absolute atomic E-state index is 0.0371. The number of anilines is 1. The maximum atomic E-state index is 12.1. The van der Waals surface area contributed by atoms with Crippen molar-refractivity contribution in [1.82, 2.24) is 20.0 Å². The molecule has 1 aromatic heterocycles. The SMILES string of the molecule is C=CCN(CC=C)C(=O)C(Cl)Cl.CC(C)Oc1cc(-n2nc(C(C)(C)C)oc2=O)c(Cl)cc1Cl.CCc1cccc(CC)c1N(COC)C(=O)CCl.C[S+](C)C.O=C(O)CNCP(=O)([O-])O. The predicted molar refractivity (Wildman–Crippen MR) is 270 cm³/mol. The summed E-state index contributed by atoms with van der Waals surface area (Å²) >= 11 is 28.8. The highest BCUT2D eigenvalue weighted by Gasteiger charge is 2.25. The number of carboxylic acids is 1. The van der Waals surface area contributed by atoms with Gasteiger partial charge in [-0.15, -0.1) is 29.9 Å². The lowest BCUT2D eigenvalue weighted by molar-refractivity contribution is -0.193. The fourth-order valence-corrected chi connectivity index (χ4v) is 6.11. The van der Waals surface area contributed by atoms with Gasteiger partial charge in [0.05, 0.1) is 59.1 Å². The number of rotatable bonds is 18. The number of amides is 2. The molecule has 0 spiro atoms. The van der Waals surface area contributed by atoms with Crippen molar-refractivity contribution in [2.24, 2.45) is 0 Å². The van der Waals surface area contributed by atoms with Gasteiger partial charge in [0, 0.05) is 31.7 Å². The number of halogens is 5. The van der Waals surface area contributed by atoms with Gasteiger partial charge in [-0.2, -0.15) is 4.68 Å². The van der Waals surface area contributed by atoms with Gasteiger partial charge in [0.1, 0.15) is 26.0 Å². The van der Waals surface area contributed by atoms with Crippen LogP contribution in [0.2, 0.25) is 10.0 Å². The summed E-state index contributed by atoms with van der Waals surface area (Å²) < 4.78 is 27.0. The van der Waals surface area contributed by atoms with Gasteiger partial charge < -0.3 is 38.2 Å². The number of para-hydroxylation sites is 1. The van der Waals surface area contributed by atoms with Crippen LogP contribution in [-0.2, 0) is 52.8 Å². The van der Waals surface area contributed by atoms with Crippen molar-refractivity contribution in [1.29, 1.82) is 0 Å². The summed E-state index contributed by atoms with van der Waals surface area (Å²) in [5.41, 5.74) is 3.22. The van der Waals surface area contributed by atoms with Crippen LogP contribution in [0.25, 0.3) is 5.69 Å². The molecule has 2 aromatic carbocycles. The minimum Gasteiger partial charge on any atom is -0.778 e. The molecule has 3 N–H and O–H groups in total. The summed E-state index contributed by atoms with van der Waals surface area (Å²) in [4.78, 5) is 65.0. The molecule has 0 saturated carbocycles. The second kappa shape index (κ2) is 33.4. The Labute approximate surface area is 417 Å². The Kier molecular flexibility index (Phi) is 32.9. The van der Waals surface area contributed by atoms with Crippen LogP contribution in [0, 0.1) is 0 Å². The number of aromatic nitrogens is 2. The first-order chi connectivity index (χ1) is 30.6. The quantitative estimate of drug-likeness (QED) is 0.0364. The number of alkyl halides is 3. The van der Waals surface area contributed by atoms with E-state index in [1.54, 1.807) is 30.2 Å². The first-order valence-electron chi connectivity index (χ1n) is 20.0. The molecule has 0 bridgehead atoms. The maximum absolute atomic E-state index is 12.1. The van der Waals surface area contributed by atoms with Gasteiger partial charge in [0.15, 0.2) is 4.84 Å². The second-order valence-corrected chi connectivity index (χ2v) is 21.4. The third kappa shape index (κ3) is 26.5. The van der Waals surface area contributed by atoms with Crippen molar-refractivity contribution in [2.75, 3.05) is 69.3 Å². The number of ether oxygens (including phenoxy) is 2. The molecular formula is C43H65Cl5N5O11PS. The van der Waals surface area contributed by atoms with E-state index >= 15 is 0 Å². The van der Waals surface area contributed by atoms with Crippen molar-refractivity contribution in [2.45, 2.75) is 77.7 Å². The molecule has 23 heteroatoms. The fourth-order valence-electron chi connectivity index (χ4n) is 4.79. The van der Waals surface area contributed by atoms with Gasteiger partial charge in [-0.25, -0.2) is 4.79 Å². The highest BCUT2D eigenvalue weighted by molar-refractivity contribution is 7.94. The van der Waals surface area contributed by atoms with Crippen LogP contribution in [0.5, 0.6) is 5.75 Å². The van der Waals surface area contributed by atoms with Gasteiger partial charge in [0.25, 0.3) is 5.91 Å². The van der Waals surface area contributed by atoms with E-state index in [2.05, 4.69) is 50.9 Å². The molecule has 2 amide bonds. The number of nitrogens with one attached hydrogen (secondary N) is 1. The number of aliphatic carboxylic acids is 1. The summed E-state index contributed by atoms with van der Waals surface area (Å²) in [5, 5.41) is 14.8. The summed E-state index contributed by atoms with van der Waals surface area (Å²) in [6.07, 6.45) is 10.8. The summed E-state index contributed by atoms with van der Waals surface area (Å²) in [6.45, 7) is 21.3. The maximum Gasteiger partial charge on any atom is 0.442 e. The molecule has 16 nitrogen and oxygen atoms in total. The van der Waals surface area contributed by atoms with E-state index in [-0.39, 0.29) is 41.0 Å². The van der Waals surface area contributed by atoms with E-state index in [9.17, 15) is 28.6 Å². The third-order valence-corrected chi connectivity index (χ3v) is 9.30. The van der Waals surface area contributed by atoms with Crippen LogP contribution in [0.4, 0.5) is 5.69 Å². The molecule has 0 aliphatic carbocycles. The lowest BCUT2D eigenvalue weighted by Crippen LogP contribution is -2.35. The Morgan fingerprint density at radius 3 is 1.92 bits per heavy atom. The molecule has 0 aliphatic heterocycles. The highest BCUT2D eigenvalue weighted by atomic mass is 35.5. The molecule has 0 fully saturated rings. The van der Waals surface area contributed by atoms with Crippen molar-refractivity contribution in [3.63, 3.8) is 0 Å². The smallest absolute Gasteiger partial charge is 0.442 e. The molecular weight excluding hydrogens is 1000 g/mol. The van der Waals surface area contributed by atoms with E-state index < -0.39 is 37.0 Å². The molecule has 3 rings (SSSR count). The van der Waals surface area contributed by atoms with E-state index in [0.717, 1.165) is 34.3 Å². The minimum atomic E-state index is -4.35. The number of hydrogen-bond donors (Lipinski definition) is 3. The Hall–Kier alpha value is -3.06. The summed E-state index contributed by atoms with van der Waals surface area (Å²) in [7, 11) is -2.13. The Balaban J connectivity index is 0. The Morgan fingerprint density at radius 2 is 1.56 bits per heavy atom. The Morgan fingerprint density at radius 1 is 1.05 bits per heavy atom. The van der Waals surface area contributed by atoms with Crippen molar-refractivity contribution in [3.8, 4) is 11.4 Å². The first kappa shape index (κ1) is 65.0. The largest absolute Gasteiger partial charge is 0.778 e. The normalized spacial score (nSPS) is 11.6. The van der Waals surface area contributed by atoms with Crippen molar-refractivity contribution in [3.05, 3.63) is 93.3 Å². The molecule has 1 unspecified atom stereocenters. The molecule has 374 valence electrons. The lowest BCUT2D eigenvalue weighted by atomic mass is 9.97. The van der Waals surface area contributed by atoms with Crippen LogP contribution in [-0.4, -0.2) is 118 Å². The van der Waals surface area contributed by atoms with Crippen LogP contribution >= 0.6 is 65.6 Å². The van der Waals surface area contributed by atoms with Crippen LogP contribution in [0.1, 0.15) is 65.5 Å². The van der Waals surface area contributed by atoms with E-state index in [4.69, 9.17) is 81.9 Å². The molecule has 1 heterocycles. The molecule has 0 radical (unpaired) electrons. The zero-order chi connectivity index (χ0) is 51.5. The number of hydrogen-bond acceptors (Lipinski definition) is 11. The monoisotopic (exact) mass is 1070 g/mol. The van der Waals surface area contributed by atoms with Gasteiger partial charge >= 0.3 is 11.7 Å².